The van der Waals surface area contributed by atoms with Gasteiger partial charge >= 0.3 is 6.18 Å². The van der Waals surface area contributed by atoms with Gasteiger partial charge in [-0.15, -0.1) is 0 Å². The van der Waals surface area contributed by atoms with E-state index in [4.69, 9.17) is 4.74 Å². The number of ether oxygens (including phenoxy) is 1. The van der Waals surface area contributed by atoms with Crippen LogP contribution in [-0.2, 0) is 10.7 Å². The quantitative estimate of drug-likeness (QED) is 0.633. The summed E-state index contributed by atoms with van der Waals surface area (Å²) in [4.78, 5) is 0. The molecule has 0 aliphatic rings. The molecular formula is C20H16F3O2P. The Hall–Kier alpha value is -2.52. The van der Waals surface area contributed by atoms with Gasteiger partial charge in [-0.1, -0.05) is 66.7 Å². The van der Waals surface area contributed by atoms with Crippen LogP contribution < -0.4 is 20.7 Å². The predicted molar refractivity (Wildman–Crippen MR) is 97.4 cm³/mol. The van der Waals surface area contributed by atoms with E-state index in [0.29, 0.717) is 10.6 Å². The van der Waals surface area contributed by atoms with Crippen molar-refractivity contribution in [3.63, 3.8) is 0 Å². The van der Waals surface area contributed by atoms with E-state index in [2.05, 4.69) is 0 Å². The van der Waals surface area contributed by atoms with Gasteiger partial charge in [0.1, 0.15) is 5.75 Å². The maximum absolute atomic E-state index is 14.2. The fourth-order valence-corrected chi connectivity index (χ4v) is 5.75. The van der Waals surface area contributed by atoms with Crippen LogP contribution in [0.1, 0.15) is 5.56 Å². The van der Waals surface area contributed by atoms with Gasteiger partial charge in [0.15, 0.2) is 7.14 Å². The van der Waals surface area contributed by atoms with Gasteiger partial charge < -0.3 is 9.30 Å². The monoisotopic (exact) mass is 376 g/mol. The fraction of sp³-hybridized carbons (Fsp3) is 0.100. The van der Waals surface area contributed by atoms with E-state index in [1.54, 1.807) is 60.7 Å². The Bertz CT molecular complexity index is 895. The minimum absolute atomic E-state index is 0.0345. The molecule has 0 saturated carbocycles. The fourth-order valence-electron chi connectivity index (χ4n) is 2.91. The Morgan fingerprint density at radius 3 is 1.69 bits per heavy atom. The molecule has 6 heteroatoms. The van der Waals surface area contributed by atoms with Gasteiger partial charge in [-0.2, -0.15) is 13.2 Å². The lowest BCUT2D eigenvalue weighted by molar-refractivity contribution is -0.138. The third-order valence-corrected chi connectivity index (χ3v) is 7.16. The maximum atomic E-state index is 14.2. The zero-order chi connectivity index (χ0) is 18.8. The van der Waals surface area contributed by atoms with Crippen molar-refractivity contribution in [2.75, 3.05) is 7.11 Å². The van der Waals surface area contributed by atoms with E-state index in [9.17, 15) is 17.7 Å². The Morgan fingerprint density at radius 1 is 0.769 bits per heavy atom. The highest BCUT2D eigenvalue weighted by atomic mass is 31.2. The predicted octanol–water partition coefficient (Wildman–Crippen LogP) is 4.35. The Labute approximate surface area is 149 Å². The van der Waals surface area contributed by atoms with Crippen molar-refractivity contribution in [1.82, 2.24) is 0 Å². The third-order valence-electron chi connectivity index (χ3n) is 4.08. The first-order valence-electron chi connectivity index (χ1n) is 7.85. The molecule has 0 fully saturated rings. The molecule has 0 saturated heterocycles. The standard InChI is InChI=1S/C20H16F3O2P/c1-25-19-17(20(21,22)23)13-8-14-18(19)26(24,15-9-4-2-5-10-15)16-11-6-3-7-12-16/h2-14H,1H3. The van der Waals surface area contributed by atoms with Crippen molar-refractivity contribution in [1.29, 1.82) is 0 Å². The van der Waals surface area contributed by atoms with Crippen LogP contribution in [0.5, 0.6) is 5.75 Å². The minimum atomic E-state index is -4.61. The molecule has 0 N–H and O–H groups in total. The van der Waals surface area contributed by atoms with E-state index in [-0.39, 0.29) is 5.30 Å². The van der Waals surface area contributed by atoms with Crippen molar-refractivity contribution in [2.24, 2.45) is 0 Å². The van der Waals surface area contributed by atoms with Gasteiger partial charge in [-0.25, -0.2) is 0 Å². The topological polar surface area (TPSA) is 26.3 Å². The van der Waals surface area contributed by atoms with Gasteiger partial charge in [-0.05, 0) is 12.1 Å². The molecule has 0 bridgehead atoms. The number of halogens is 3. The van der Waals surface area contributed by atoms with Gasteiger partial charge in [-0.3, -0.25) is 0 Å². The number of hydrogen-bond acceptors (Lipinski definition) is 2. The Morgan fingerprint density at radius 2 is 1.27 bits per heavy atom. The zero-order valence-corrected chi connectivity index (χ0v) is 14.8. The van der Waals surface area contributed by atoms with Gasteiger partial charge in [0.2, 0.25) is 0 Å². The summed E-state index contributed by atoms with van der Waals surface area (Å²) in [5.41, 5.74) is -0.940. The van der Waals surface area contributed by atoms with E-state index in [1.807, 2.05) is 0 Å². The number of rotatable bonds is 4. The Balaban J connectivity index is 2.37. The average molecular weight is 376 g/mol. The molecule has 0 spiro atoms. The summed E-state index contributed by atoms with van der Waals surface area (Å²) in [6.07, 6.45) is -4.61. The SMILES string of the molecule is COc1c(C(F)(F)F)cccc1P(=O)(c1ccccc1)c1ccccc1. The molecule has 0 radical (unpaired) electrons. The molecule has 134 valence electrons. The summed E-state index contributed by atoms with van der Waals surface area (Å²) in [5, 5.41) is 0.930. The summed E-state index contributed by atoms with van der Waals surface area (Å²) in [5.74, 6) is -0.406. The second kappa shape index (κ2) is 7.00. The molecule has 0 atom stereocenters. The lowest BCUT2D eigenvalue weighted by Gasteiger charge is -2.24. The molecule has 0 aromatic heterocycles. The largest absolute Gasteiger partial charge is 0.495 e. The first-order valence-corrected chi connectivity index (χ1v) is 9.55. The maximum Gasteiger partial charge on any atom is 0.419 e. The van der Waals surface area contributed by atoms with E-state index >= 15 is 0 Å². The number of hydrogen-bond donors (Lipinski definition) is 0. The molecule has 3 rings (SSSR count). The number of para-hydroxylation sites is 1. The normalized spacial score (nSPS) is 12.0. The molecular weight excluding hydrogens is 360 g/mol. The van der Waals surface area contributed by atoms with Crippen LogP contribution in [0.2, 0.25) is 0 Å². The number of benzene rings is 3. The summed E-state index contributed by atoms with van der Waals surface area (Å²) < 4.78 is 59.6. The van der Waals surface area contributed by atoms with Crippen LogP contribution in [0.25, 0.3) is 0 Å². The van der Waals surface area contributed by atoms with Crippen molar-refractivity contribution >= 4 is 23.1 Å². The van der Waals surface area contributed by atoms with Crippen molar-refractivity contribution in [3.05, 3.63) is 84.4 Å². The minimum Gasteiger partial charge on any atom is -0.495 e. The average Bonchev–Trinajstić information content (AvgIpc) is 2.67. The van der Waals surface area contributed by atoms with Crippen LogP contribution in [0.3, 0.4) is 0 Å². The molecule has 0 aliphatic carbocycles. The number of alkyl halides is 3. The second-order valence-electron chi connectivity index (χ2n) is 5.64. The van der Waals surface area contributed by atoms with Crippen molar-refractivity contribution in [3.8, 4) is 5.75 Å². The highest BCUT2D eigenvalue weighted by Gasteiger charge is 2.40. The van der Waals surface area contributed by atoms with Crippen LogP contribution in [0.15, 0.2) is 78.9 Å². The molecule has 0 unspecified atom stereocenters. The van der Waals surface area contributed by atoms with Gasteiger partial charge in [0, 0.05) is 10.6 Å². The summed E-state index contributed by atoms with van der Waals surface area (Å²) in [6, 6.07) is 20.7. The highest BCUT2D eigenvalue weighted by Crippen LogP contribution is 2.47. The molecule has 0 heterocycles. The lowest BCUT2D eigenvalue weighted by Crippen LogP contribution is -2.27. The molecule has 2 nitrogen and oxygen atoms in total. The molecule has 26 heavy (non-hydrogen) atoms. The van der Waals surface area contributed by atoms with E-state index in [0.717, 1.165) is 13.2 Å². The number of methoxy groups -OCH3 is 1. The van der Waals surface area contributed by atoms with Crippen molar-refractivity contribution < 1.29 is 22.5 Å². The van der Waals surface area contributed by atoms with Gasteiger partial charge in [0.25, 0.3) is 0 Å². The second-order valence-corrected chi connectivity index (χ2v) is 8.37. The van der Waals surface area contributed by atoms with Crippen LogP contribution in [0, 0.1) is 0 Å². The Kier molecular flexibility index (Phi) is 4.92. The first-order chi connectivity index (χ1) is 12.4. The molecule has 3 aromatic rings. The first kappa shape index (κ1) is 18.3. The summed E-state index contributed by atoms with van der Waals surface area (Å²) in [7, 11) is -2.39. The highest BCUT2D eigenvalue weighted by molar-refractivity contribution is 7.85. The van der Waals surface area contributed by atoms with Crippen LogP contribution in [0.4, 0.5) is 13.2 Å². The van der Waals surface area contributed by atoms with Crippen LogP contribution >= 0.6 is 7.14 Å². The van der Waals surface area contributed by atoms with E-state index < -0.39 is 24.6 Å². The molecule has 0 amide bonds. The lowest BCUT2D eigenvalue weighted by atomic mass is 10.2. The molecule has 0 aliphatic heterocycles. The smallest absolute Gasteiger partial charge is 0.419 e. The zero-order valence-electron chi connectivity index (χ0n) is 13.9. The summed E-state index contributed by atoms with van der Waals surface area (Å²) in [6.45, 7) is 0. The van der Waals surface area contributed by atoms with Crippen molar-refractivity contribution in [2.45, 2.75) is 6.18 Å². The van der Waals surface area contributed by atoms with Gasteiger partial charge in [0.05, 0.1) is 18.0 Å². The molecule has 3 aromatic carbocycles. The van der Waals surface area contributed by atoms with E-state index in [1.165, 1.54) is 12.1 Å². The third kappa shape index (κ3) is 3.15. The summed E-state index contributed by atoms with van der Waals surface area (Å²) >= 11 is 0. The van der Waals surface area contributed by atoms with Crippen LogP contribution in [-0.4, -0.2) is 7.11 Å².